The molecule has 0 saturated carbocycles. The van der Waals surface area contributed by atoms with Crippen molar-refractivity contribution in [1.29, 1.82) is 0 Å². The lowest BCUT2D eigenvalue weighted by atomic mass is 9.89. The van der Waals surface area contributed by atoms with Gasteiger partial charge in [0.05, 0.1) is 5.69 Å². The smallest absolute Gasteiger partial charge is 0.125 e. The van der Waals surface area contributed by atoms with Crippen LogP contribution in [-0.4, -0.2) is 11.3 Å². The fraction of sp³-hybridized carbons (Fsp3) is 0.400. The number of carbonyl (C=O) groups is 1. The summed E-state index contributed by atoms with van der Waals surface area (Å²) in [6.45, 7) is 3.81. The van der Waals surface area contributed by atoms with Gasteiger partial charge in [-0.3, -0.25) is 4.98 Å². The summed E-state index contributed by atoms with van der Waals surface area (Å²) >= 11 is 3.40. The van der Waals surface area contributed by atoms with Crippen LogP contribution in [0.25, 0.3) is 0 Å². The third kappa shape index (κ3) is 2.92. The average Bonchev–Trinajstić information content (AvgIpc) is 2.09. The molecular weight excluding hydrogens is 230 g/mol. The maximum atomic E-state index is 10.7. The van der Waals surface area contributed by atoms with Gasteiger partial charge in [0, 0.05) is 22.5 Å². The van der Waals surface area contributed by atoms with Crippen molar-refractivity contribution in [2.75, 3.05) is 0 Å². The highest BCUT2D eigenvalue weighted by Gasteiger charge is 2.19. The van der Waals surface area contributed by atoms with Gasteiger partial charge in [-0.25, -0.2) is 0 Å². The molecule has 0 aliphatic carbocycles. The van der Waals surface area contributed by atoms with Crippen LogP contribution in [0.1, 0.15) is 19.5 Å². The van der Waals surface area contributed by atoms with Gasteiger partial charge in [0.15, 0.2) is 0 Å². The molecule has 0 atom stereocenters. The van der Waals surface area contributed by atoms with Crippen LogP contribution in [0, 0.1) is 5.41 Å². The predicted molar refractivity (Wildman–Crippen MR) is 55.5 cm³/mol. The predicted octanol–water partition coefficient (Wildman–Crippen LogP) is 2.61. The molecule has 0 saturated heterocycles. The first-order valence-electron chi connectivity index (χ1n) is 4.11. The second kappa shape index (κ2) is 4.01. The Morgan fingerprint density at radius 2 is 2.31 bits per heavy atom. The molecule has 13 heavy (non-hydrogen) atoms. The topological polar surface area (TPSA) is 30.0 Å². The summed E-state index contributed by atoms with van der Waals surface area (Å²) in [7, 11) is 0. The third-order valence-corrected chi connectivity index (χ3v) is 2.50. The summed E-state index contributed by atoms with van der Waals surface area (Å²) in [5, 5.41) is 0. The van der Waals surface area contributed by atoms with E-state index >= 15 is 0 Å². The van der Waals surface area contributed by atoms with E-state index in [-0.39, 0.29) is 5.41 Å². The minimum atomic E-state index is -0.336. The van der Waals surface area contributed by atoms with E-state index in [0.717, 1.165) is 16.5 Å². The van der Waals surface area contributed by atoms with Crippen LogP contribution in [0.4, 0.5) is 0 Å². The molecule has 0 radical (unpaired) electrons. The van der Waals surface area contributed by atoms with Gasteiger partial charge >= 0.3 is 0 Å². The molecule has 0 aliphatic rings. The van der Waals surface area contributed by atoms with Crippen molar-refractivity contribution in [3.63, 3.8) is 0 Å². The Balaban J connectivity index is 2.86. The zero-order valence-electron chi connectivity index (χ0n) is 7.75. The molecule has 1 rings (SSSR count). The molecule has 2 nitrogen and oxygen atoms in total. The Hall–Kier alpha value is -0.700. The highest BCUT2D eigenvalue weighted by Crippen LogP contribution is 2.22. The molecule has 1 aromatic rings. The first-order valence-corrected chi connectivity index (χ1v) is 4.90. The first-order chi connectivity index (χ1) is 6.05. The molecular formula is C10H12BrNO. The van der Waals surface area contributed by atoms with Gasteiger partial charge in [-0.15, -0.1) is 0 Å². The molecule has 0 amide bonds. The van der Waals surface area contributed by atoms with Crippen molar-refractivity contribution in [2.24, 2.45) is 5.41 Å². The van der Waals surface area contributed by atoms with Gasteiger partial charge < -0.3 is 4.79 Å². The molecule has 0 N–H and O–H groups in total. The minimum Gasteiger partial charge on any atom is -0.303 e. The van der Waals surface area contributed by atoms with E-state index in [1.807, 2.05) is 26.0 Å². The number of aromatic nitrogens is 1. The van der Waals surface area contributed by atoms with Gasteiger partial charge in [0.25, 0.3) is 0 Å². The van der Waals surface area contributed by atoms with Gasteiger partial charge in [-0.1, -0.05) is 13.8 Å². The van der Waals surface area contributed by atoms with Gasteiger partial charge in [0.1, 0.15) is 6.29 Å². The van der Waals surface area contributed by atoms with Crippen LogP contribution in [0.5, 0.6) is 0 Å². The molecule has 0 bridgehead atoms. The standard InChI is InChI=1S/C10H12BrNO/c1-10(2,7-13)6-9-8(11)4-3-5-12-9/h3-5,7H,6H2,1-2H3. The minimum absolute atomic E-state index is 0.336. The molecule has 0 aliphatic heterocycles. The van der Waals surface area contributed by atoms with Crippen LogP contribution >= 0.6 is 15.9 Å². The monoisotopic (exact) mass is 241 g/mol. The van der Waals surface area contributed by atoms with E-state index in [1.54, 1.807) is 6.20 Å². The Bertz CT molecular complexity index is 310. The highest BCUT2D eigenvalue weighted by atomic mass is 79.9. The fourth-order valence-corrected chi connectivity index (χ4v) is 1.42. The van der Waals surface area contributed by atoms with Crippen LogP contribution < -0.4 is 0 Å². The molecule has 0 spiro atoms. The SMILES string of the molecule is CC(C)(C=O)Cc1ncccc1Br. The van der Waals surface area contributed by atoms with E-state index in [4.69, 9.17) is 0 Å². The van der Waals surface area contributed by atoms with Crippen molar-refractivity contribution >= 4 is 22.2 Å². The molecule has 0 fully saturated rings. The lowest BCUT2D eigenvalue weighted by Crippen LogP contribution is -2.17. The summed E-state index contributed by atoms with van der Waals surface area (Å²) in [6, 6.07) is 3.80. The number of halogens is 1. The molecule has 3 heteroatoms. The Morgan fingerprint density at radius 3 is 2.85 bits per heavy atom. The van der Waals surface area contributed by atoms with Gasteiger partial charge in [-0.05, 0) is 28.1 Å². The van der Waals surface area contributed by atoms with Gasteiger partial charge in [0.2, 0.25) is 0 Å². The molecule has 0 unspecified atom stereocenters. The highest BCUT2D eigenvalue weighted by molar-refractivity contribution is 9.10. The quantitative estimate of drug-likeness (QED) is 0.762. The molecule has 70 valence electrons. The zero-order valence-corrected chi connectivity index (χ0v) is 9.34. The molecule has 1 aromatic heterocycles. The lowest BCUT2D eigenvalue weighted by molar-refractivity contribution is -0.114. The Morgan fingerprint density at radius 1 is 1.62 bits per heavy atom. The van der Waals surface area contributed by atoms with E-state index in [1.165, 1.54) is 0 Å². The van der Waals surface area contributed by atoms with Crippen molar-refractivity contribution in [3.05, 3.63) is 28.5 Å². The van der Waals surface area contributed by atoms with E-state index < -0.39 is 0 Å². The summed E-state index contributed by atoms with van der Waals surface area (Å²) < 4.78 is 0.963. The summed E-state index contributed by atoms with van der Waals surface area (Å²) in [5.74, 6) is 0. The summed E-state index contributed by atoms with van der Waals surface area (Å²) in [4.78, 5) is 14.9. The maximum Gasteiger partial charge on any atom is 0.125 e. The molecule has 0 aromatic carbocycles. The Kier molecular flexibility index (Phi) is 3.20. The van der Waals surface area contributed by atoms with E-state index in [0.29, 0.717) is 6.42 Å². The third-order valence-electron chi connectivity index (χ3n) is 1.78. The lowest BCUT2D eigenvalue weighted by Gasteiger charge is -2.16. The molecule has 1 heterocycles. The van der Waals surface area contributed by atoms with E-state index in [2.05, 4.69) is 20.9 Å². The number of hydrogen-bond acceptors (Lipinski definition) is 2. The number of nitrogens with zero attached hydrogens (tertiary/aromatic N) is 1. The van der Waals surface area contributed by atoms with Crippen LogP contribution in [0.15, 0.2) is 22.8 Å². The number of hydrogen-bond donors (Lipinski definition) is 0. The summed E-state index contributed by atoms with van der Waals surface area (Å²) in [5.41, 5.74) is 0.594. The largest absolute Gasteiger partial charge is 0.303 e. The van der Waals surface area contributed by atoms with Crippen molar-refractivity contribution in [1.82, 2.24) is 4.98 Å². The normalized spacial score (nSPS) is 11.3. The van der Waals surface area contributed by atoms with Crippen molar-refractivity contribution < 1.29 is 4.79 Å². The maximum absolute atomic E-state index is 10.7. The first kappa shape index (κ1) is 10.4. The van der Waals surface area contributed by atoms with E-state index in [9.17, 15) is 4.79 Å². The number of pyridine rings is 1. The van der Waals surface area contributed by atoms with Crippen LogP contribution in [-0.2, 0) is 11.2 Å². The summed E-state index contributed by atoms with van der Waals surface area (Å²) in [6.07, 6.45) is 3.37. The second-order valence-electron chi connectivity index (χ2n) is 3.72. The number of aldehydes is 1. The zero-order chi connectivity index (χ0) is 9.90. The second-order valence-corrected chi connectivity index (χ2v) is 4.57. The van der Waals surface area contributed by atoms with Crippen LogP contribution in [0.2, 0.25) is 0 Å². The number of carbonyl (C=O) groups excluding carboxylic acids is 1. The number of rotatable bonds is 3. The Labute approximate surface area is 86.5 Å². The fourth-order valence-electron chi connectivity index (χ4n) is 1.02. The van der Waals surface area contributed by atoms with Crippen LogP contribution in [0.3, 0.4) is 0 Å². The average molecular weight is 242 g/mol. The van der Waals surface area contributed by atoms with Crippen molar-refractivity contribution in [2.45, 2.75) is 20.3 Å². The van der Waals surface area contributed by atoms with Gasteiger partial charge in [-0.2, -0.15) is 0 Å². The van der Waals surface area contributed by atoms with Crippen molar-refractivity contribution in [3.8, 4) is 0 Å².